The number of carboxylic acid groups (broad SMARTS) is 1. The van der Waals surface area contributed by atoms with Crippen LogP contribution in [0.25, 0.3) is 0 Å². The molecule has 3 amide bonds. The number of benzodiazepines with no additional fused rings is 1. The highest BCUT2D eigenvalue weighted by atomic mass is 19.1. The zero-order valence-corrected chi connectivity index (χ0v) is 18.8. The third-order valence-corrected chi connectivity index (χ3v) is 5.65. The number of nitrogens with one attached hydrogen (secondary N) is 2. The molecule has 1 heterocycles. The van der Waals surface area contributed by atoms with E-state index in [0.717, 1.165) is 5.56 Å². The lowest BCUT2D eigenvalue weighted by atomic mass is 10.00. The predicted octanol–water partition coefficient (Wildman–Crippen LogP) is 2.96. The molecule has 0 saturated heterocycles. The normalized spacial score (nSPS) is 15.9. The maximum atomic E-state index is 14.8. The first-order valence-corrected chi connectivity index (χ1v) is 10.9. The molecule has 3 aromatic carbocycles. The van der Waals surface area contributed by atoms with Crippen LogP contribution in [-0.4, -0.2) is 48.0 Å². The minimum absolute atomic E-state index is 0.0693. The van der Waals surface area contributed by atoms with E-state index in [9.17, 15) is 23.9 Å². The average molecular weight is 474 g/mol. The molecule has 8 nitrogen and oxygen atoms in total. The van der Waals surface area contributed by atoms with Crippen LogP contribution in [0.1, 0.15) is 16.7 Å². The van der Waals surface area contributed by atoms with Crippen LogP contribution in [0.4, 0.5) is 14.9 Å². The number of carbonyl (C=O) groups excluding carboxylic acids is 2. The van der Waals surface area contributed by atoms with Gasteiger partial charge in [-0.25, -0.2) is 14.2 Å². The number of rotatable bonds is 6. The fraction of sp³-hybridized carbons (Fsp3) is 0.154. The molecule has 0 saturated carbocycles. The maximum absolute atomic E-state index is 14.8. The van der Waals surface area contributed by atoms with Crippen LogP contribution in [-0.2, 0) is 16.0 Å². The van der Waals surface area contributed by atoms with E-state index in [4.69, 9.17) is 0 Å². The van der Waals surface area contributed by atoms with E-state index in [1.165, 1.54) is 18.0 Å². The molecule has 3 N–H and O–H groups in total. The van der Waals surface area contributed by atoms with E-state index in [2.05, 4.69) is 15.6 Å². The molecule has 0 radical (unpaired) electrons. The molecule has 9 heteroatoms. The van der Waals surface area contributed by atoms with Crippen LogP contribution in [0.15, 0.2) is 83.9 Å². The Bertz CT molecular complexity index is 1300. The highest BCUT2D eigenvalue weighted by molar-refractivity contribution is 6.20. The summed E-state index contributed by atoms with van der Waals surface area (Å²) in [7, 11) is 1.54. The minimum atomic E-state index is -1.40. The summed E-state index contributed by atoms with van der Waals surface area (Å²) >= 11 is 0. The lowest BCUT2D eigenvalue weighted by Gasteiger charge is -2.23. The lowest BCUT2D eigenvalue weighted by Crippen LogP contribution is -2.53. The number of carbonyl (C=O) groups is 3. The first kappa shape index (κ1) is 23.6. The molecular formula is C26H23FN4O4. The molecule has 0 spiro atoms. The van der Waals surface area contributed by atoms with Gasteiger partial charge in [-0.1, -0.05) is 60.7 Å². The second-order valence-electron chi connectivity index (χ2n) is 7.97. The molecule has 1 aliphatic rings. The van der Waals surface area contributed by atoms with Gasteiger partial charge in [0.05, 0.1) is 11.4 Å². The molecule has 2 unspecified atom stereocenters. The number of aliphatic imine (C=N–C) groups is 1. The summed E-state index contributed by atoms with van der Waals surface area (Å²) in [6.07, 6.45) is -2.71. The van der Waals surface area contributed by atoms with Gasteiger partial charge in [-0.3, -0.25) is 9.59 Å². The molecule has 35 heavy (non-hydrogen) atoms. The van der Waals surface area contributed by atoms with Crippen LogP contribution in [0.3, 0.4) is 0 Å². The van der Waals surface area contributed by atoms with Crippen molar-refractivity contribution in [3.8, 4) is 0 Å². The van der Waals surface area contributed by atoms with Crippen LogP contribution in [0.2, 0.25) is 0 Å². The average Bonchev–Trinajstić information content (AvgIpc) is 2.95. The van der Waals surface area contributed by atoms with Crippen LogP contribution in [0, 0.1) is 5.82 Å². The number of anilines is 1. The van der Waals surface area contributed by atoms with Crippen LogP contribution in [0.5, 0.6) is 0 Å². The topological polar surface area (TPSA) is 111 Å². The van der Waals surface area contributed by atoms with Crippen molar-refractivity contribution in [2.24, 2.45) is 4.99 Å². The Morgan fingerprint density at radius 2 is 1.63 bits per heavy atom. The largest absolute Gasteiger partial charge is 0.465 e. The van der Waals surface area contributed by atoms with Gasteiger partial charge in [0.15, 0.2) is 0 Å². The highest BCUT2D eigenvalue weighted by Gasteiger charge is 2.33. The molecule has 178 valence electrons. The van der Waals surface area contributed by atoms with Crippen molar-refractivity contribution in [2.75, 3.05) is 11.9 Å². The summed E-state index contributed by atoms with van der Waals surface area (Å²) in [5.74, 6) is -1.81. The van der Waals surface area contributed by atoms with Crippen molar-refractivity contribution >= 4 is 29.3 Å². The Hall–Kier alpha value is -4.53. The molecular weight excluding hydrogens is 451 g/mol. The third kappa shape index (κ3) is 5.19. The Kier molecular flexibility index (Phi) is 6.86. The summed E-state index contributed by atoms with van der Waals surface area (Å²) in [5.41, 5.74) is 2.13. The van der Waals surface area contributed by atoms with Crippen molar-refractivity contribution in [3.05, 3.63) is 101 Å². The smallest absolute Gasteiger partial charge is 0.405 e. The van der Waals surface area contributed by atoms with Gasteiger partial charge in [0.2, 0.25) is 12.1 Å². The van der Waals surface area contributed by atoms with Gasteiger partial charge in [0.25, 0.3) is 5.91 Å². The van der Waals surface area contributed by atoms with Crippen molar-refractivity contribution < 1.29 is 23.9 Å². The fourth-order valence-corrected chi connectivity index (χ4v) is 3.93. The summed E-state index contributed by atoms with van der Waals surface area (Å²) in [5, 5.41) is 14.0. The number of nitrogens with zero attached hydrogens (tertiary/aromatic N) is 2. The summed E-state index contributed by atoms with van der Waals surface area (Å²) in [6, 6.07) is 20.7. The molecule has 0 fully saturated rings. The zero-order chi connectivity index (χ0) is 24.9. The van der Waals surface area contributed by atoms with Crippen LogP contribution >= 0.6 is 0 Å². The first-order chi connectivity index (χ1) is 16.8. The van der Waals surface area contributed by atoms with Crippen molar-refractivity contribution in [2.45, 2.75) is 18.6 Å². The van der Waals surface area contributed by atoms with Gasteiger partial charge in [0, 0.05) is 24.6 Å². The number of para-hydroxylation sites is 1. The predicted molar refractivity (Wildman–Crippen MR) is 129 cm³/mol. The number of hydrogen-bond donors (Lipinski definition) is 3. The second-order valence-corrected chi connectivity index (χ2v) is 7.97. The summed E-state index contributed by atoms with van der Waals surface area (Å²) in [4.78, 5) is 43.6. The first-order valence-electron chi connectivity index (χ1n) is 10.9. The maximum Gasteiger partial charge on any atom is 0.405 e. The standard InChI is InChI=1S/C26H23FN4O4/c1-31-21-14-8-6-12-18(21)22(17-11-5-7-13-19(17)27)29-23(25(31)33)30-24(32)20(28-26(34)35)15-16-9-3-2-4-10-16/h2-14,20,23,28H,15H2,1H3,(H,30,32)(H,34,35). The van der Waals surface area contributed by atoms with Crippen LogP contribution < -0.4 is 15.5 Å². The van der Waals surface area contributed by atoms with Gasteiger partial charge in [-0.2, -0.15) is 0 Å². The number of benzene rings is 3. The SMILES string of the molecule is CN1C(=O)C(NC(=O)C(Cc2ccccc2)NC(=O)O)N=C(c2ccccc2F)c2ccccc21. The van der Waals surface area contributed by atoms with Gasteiger partial charge in [-0.05, 0) is 23.8 Å². The number of hydrogen-bond acceptors (Lipinski definition) is 4. The lowest BCUT2D eigenvalue weighted by molar-refractivity contribution is -0.128. The molecule has 0 bridgehead atoms. The third-order valence-electron chi connectivity index (χ3n) is 5.65. The second kappa shape index (κ2) is 10.2. The summed E-state index contributed by atoms with van der Waals surface area (Å²) in [6.45, 7) is 0. The van der Waals surface area contributed by atoms with Crippen molar-refractivity contribution in [3.63, 3.8) is 0 Å². The Morgan fingerprint density at radius 1 is 1.00 bits per heavy atom. The molecule has 3 aromatic rings. The Morgan fingerprint density at radius 3 is 2.31 bits per heavy atom. The fourth-order valence-electron chi connectivity index (χ4n) is 3.93. The van der Waals surface area contributed by atoms with Crippen molar-refractivity contribution in [1.29, 1.82) is 0 Å². The molecule has 1 aliphatic heterocycles. The Labute approximate surface area is 201 Å². The summed E-state index contributed by atoms with van der Waals surface area (Å²) < 4.78 is 14.8. The number of halogens is 1. The number of fused-ring (bicyclic) bond motifs is 1. The van der Waals surface area contributed by atoms with E-state index in [1.807, 2.05) is 0 Å². The van der Waals surface area contributed by atoms with Gasteiger partial charge < -0.3 is 20.6 Å². The van der Waals surface area contributed by atoms with E-state index in [0.29, 0.717) is 11.3 Å². The molecule has 4 rings (SSSR count). The van der Waals surface area contributed by atoms with Crippen molar-refractivity contribution in [1.82, 2.24) is 10.6 Å². The van der Waals surface area contributed by atoms with E-state index in [-0.39, 0.29) is 17.7 Å². The monoisotopic (exact) mass is 474 g/mol. The van der Waals surface area contributed by atoms with E-state index >= 15 is 0 Å². The van der Waals surface area contributed by atoms with Gasteiger partial charge in [-0.15, -0.1) is 0 Å². The highest BCUT2D eigenvalue weighted by Crippen LogP contribution is 2.28. The number of amides is 3. The molecule has 0 aliphatic carbocycles. The minimum Gasteiger partial charge on any atom is -0.465 e. The molecule has 0 aromatic heterocycles. The van der Waals surface area contributed by atoms with E-state index in [1.54, 1.807) is 72.8 Å². The zero-order valence-electron chi connectivity index (χ0n) is 18.8. The van der Waals surface area contributed by atoms with Gasteiger partial charge in [0.1, 0.15) is 11.9 Å². The van der Waals surface area contributed by atoms with E-state index < -0.39 is 35.9 Å². The Balaban J connectivity index is 1.71. The molecule has 2 atom stereocenters. The quantitative estimate of drug-likeness (QED) is 0.510. The number of likely N-dealkylation sites (N-methyl/N-ethyl adjacent to an activating group) is 1. The van der Waals surface area contributed by atoms with Gasteiger partial charge >= 0.3 is 6.09 Å².